The van der Waals surface area contributed by atoms with E-state index in [4.69, 9.17) is 9.15 Å². The summed E-state index contributed by atoms with van der Waals surface area (Å²) in [5.41, 5.74) is 7.50. The van der Waals surface area contributed by atoms with Gasteiger partial charge >= 0.3 is 0 Å². The number of fused-ring (bicyclic) bond motifs is 1. The molecule has 1 saturated heterocycles. The average Bonchev–Trinajstić information content (AvgIpc) is 3.41. The van der Waals surface area contributed by atoms with Gasteiger partial charge in [-0.3, -0.25) is 4.79 Å². The summed E-state index contributed by atoms with van der Waals surface area (Å²) in [5, 5.41) is 1.92. The van der Waals surface area contributed by atoms with Crippen LogP contribution in [0.2, 0.25) is 0 Å². The number of carbonyl (C=O) groups is 1. The Morgan fingerprint density at radius 2 is 1.85 bits per heavy atom. The summed E-state index contributed by atoms with van der Waals surface area (Å²) < 4.78 is 11.4. The molecule has 2 aliphatic rings. The van der Waals surface area contributed by atoms with Gasteiger partial charge in [0.15, 0.2) is 0 Å². The Labute approximate surface area is 193 Å². The molecular formula is C26H28N4O3. The highest BCUT2D eigenvalue weighted by atomic mass is 16.5. The predicted molar refractivity (Wildman–Crippen MR) is 125 cm³/mol. The van der Waals surface area contributed by atoms with Crippen LogP contribution in [-0.2, 0) is 11.3 Å². The van der Waals surface area contributed by atoms with E-state index in [0.717, 1.165) is 23.4 Å². The minimum absolute atomic E-state index is 0.0598. The predicted octanol–water partition coefficient (Wildman–Crippen LogP) is 4.49. The van der Waals surface area contributed by atoms with Gasteiger partial charge in [0, 0.05) is 18.0 Å². The van der Waals surface area contributed by atoms with Crippen molar-refractivity contribution in [2.75, 3.05) is 6.61 Å². The van der Waals surface area contributed by atoms with Crippen LogP contribution in [0.25, 0.3) is 11.5 Å². The fourth-order valence-electron chi connectivity index (χ4n) is 4.30. The molecule has 7 heteroatoms. The van der Waals surface area contributed by atoms with Gasteiger partial charge in [-0.2, -0.15) is 0 Å². The largest absolute Gasteiger partial charge is 0.494 e. The van der Waals surface area contributed by atoms with E-state index in [2.05, 4.69) is 41.6 Å². The summed E-state index contributed by atoms with van der Waals surface area (Å²) in [6, 6.07) is 16.0. The van der Waals surface area contributed by atoms with Crippen LogP contribution in [0, 0.1) is 13.8 Å². The number of nitrogens with zero attached hydrogens (tertiary/aromatic N) is 3. The van der Waals surface area contributed by atoms with E-state index in [1.54, 1.807) is 4.90 Å². The fraction of sp³-hybridized carbons (Fsp3) is 0.308. The minimum Gasteiger partial charge on any atom is -0.494 e. The lowest BCUT2D eigenvalue weighted by atomic mass is 10.00. The number of hydrogen-bond donors (Lipinski definition) is 1. The second-order valence-electron chi connectivity index (χ2n) is 8.49. The van der Waals surface area contributed by atoms with Gasteiger partial charge in [0.25, 0.3) is 5.91 Å². The number of hydrogen-bond acceptors (Lipinski definition) is 6. The molecule has 1 N–H and O–H groups in total. The Bertz CT molecular complexity index is 1170. The number of aromatic nitrogens is 1. The molecule has 2 aliphatic heterocycles. The van der Waals surface area contributed by atoms with E-state index in [-0.39, 0.29) is 18.0 Å². The second kappa shape index (κ2) is 8.75. The zero-order valence-corrected chi connectivity index (χ0v) is 19.1. The molecule has 7 nitrogen and oxygen atoms in total. The summed E-state index contributed by atoms with van der Waals surface area (Å²) in [6.07, 6.45) is 4.47. The maximum Gasteiger partial charge on any atom is 0.251 e. The van der Waals surface area contributed by atoms with Crippen LogP contribution in [0.15, 0.2) is 65.3 Å². The summed E-state index contributed by atoms with van der Waals surface area (Å²) in [6.45, 7) is 6.92. The van der Waals surface area contributed by atoms with Crippen molar-refractivity contribution in [3.05, 3.63) is 83.5 Å². The van der Waals surface area contributed by atoms with Crippen molar-refractivity contribution < 1.29 is 13.9 Å². The van der Waals surface area contributed by atoms with Gasteiger partial charge in [-0.05, 0) is 57.0 Å². The van der Waals surface area contributed by atoms with E-state index >= 15 is 0 Å². The van der Waals surface area contributed by atoms with Crippen molar-refractivity contribution in [2.24, 2.45) is 0 Å². The molecule has 2 atom stereocenters. The van der Waals surface area contributed by atoms with Gasteiger partial charge in [0.2, 0.25) is 5.89 Å². The molecule has 0 aliphatic carbocycles. The number of amides is 1. The molecular weight excluding hydrogens is 416 g/mol. The molecule has 1 amide bonds. The molecule has 2 unspecified atom stereocenters. The van der Waals surface area contributed by atoms with E-state index in [1.807, 2.05) is 55.5 Å². The van der Waals surface area contributed by atoms with Gasteiger partial charge in [-0.25, -0.2) is 10.4 Å². The maximum atomic E-state index is 13.3. The van der Waals surface area contributed by atoms with E-state index in [9.17, 15) is 4.79 Å². The van der Waals surface area contributed by atoms with Crippen molar-refractivity contribution in [3.63, 3.8) is 0 Å². The zero-order valence-electron chi connectivity index (χ0n) is 19.1. The molecule has 1 aromatic heterocycles. The third-order valence-electron chi connectivity index (χ3n) is 6.18. The van der Waals surface area contributed by atoms with Crippen LogP contribution in [-0.4, -0.2) is 33.4 Å². The van der Waals surface area contributed by atoms with Gasteiger partial charge in [0.1, 0.15) is 23.2 Å². The van der Waals surface area contributed by atoms with Crippen molar-refractivity contribution in [1.29, 1.82) is 0 Å². The normalized spacial score (nSPS) is 19.8. The molecule has 5 rings (SSSR count). The fourth-order valence-corrected chi connectivity index (χ4v) is 4.30. The van der Waals surface area contributed by atoms with Gasteiger partial charge in [-0.15, -0.1) is 0 Å². The smallest absolute Gasteiger partial charge is 0.251 e. The molecule has 0 saturated carbocycles. The number of carbonyl (C=O) groups excluding carboxylic acids is 1. The van der Waals surface area contributed by atoms with Crippen LogP contribution in [0.3, 0.4) is 0 Å². The van der Waals surface area contributed by atoms with Crippen molar-refractivity contribution in [3.8, 4) is 17.2 Å². The van der Waals surface area contributed by atoms with Crippen LogP contribution < -0.4 is 10.2 Å². The molecule has 3 aromatic rings. The molecule has 0 radical (unpaired) electrons. The first-order chi connectivity index (χ1) is 16.0. The van der Waals surface area contributed by atoms with E-state index < -0.39 is 0 Å². The Morgan fingerprint density at radius 1 is 1.09 bits per heavy atom. The number of benzene rings is 2. The van der Waals surface area contributed by atoms with Crippen LogP contribution >= 0.6 is 0 Å². The van der Waals surface area contributed by atoms with Gasteiger partial charge in [0.05, 0.1) is 19.2 Å². The summed E-state index contributed by atoms with van der Waals surface area (Å²) in [4.78, 5) is 19.7. The Hall–Kier alpha value is -3.58. The topological polar surface area (TPSA) is 70.8 Å². The summed E-state index contributed by atoms with van der Waals surface area (Å²) in [5.74, 6) is 2.13. The van der Waals surface area contributed by atoms with E-state index in [0.29, 0.717) is 24.8 Å². The zero-order chi connectivity index (χ0) is 22.9. The molecule has 33 heavy (non-hydrogen) atoms. The lowest BCUT2D eigenvalue weighted by molar-refractivity contribution is -0.135. The number of hydrazine groups is 1. The number of oxazole rings is 1. The maximum absolute atomic E-state index is 13.3. The molecule has 170 valence electrons. The van der Waals surface area contributed by atoms with Crippen molar-refractivity contribution >= 4 is 5.91 Å². The van der Waals surface area contributed by atoms with Crippen molar-refractivity contribution in [2.45, 2.75) is 45.8 Å². The summed E-state index contributed by atoms with van der Waals surface area (Å²) >= 11 is 0. The first kappa shape index (κ1) is 21.3. The Morgan fingerprint density at radius 3 is 2.58 bits per heavy atom. The van der Waals surface area contributed by atoms with Crippen molar-refractivity contribution in [1.82, 2.24) is 20.3 Å². The highest BCUT2D eigenvalue weighted by molar-refractivity contribution is 5.84. The molecule has 1 fully saturated rings. The Balaban J connectivity index is 1.28. The van der Waals surface area contributed by atoms with Crippen LogP contribution in [0.5, 0.6) is 5.75 Å². The number of aryl methyl sites for hydroxylation is 2. The third kappa shape index (κ3) is 4.24. The standard InChI is InChI=1S/C26H28N4O3/c1-4-32-21-11-9-20(10-12-21)25-27-23(18(3)33-25)16-29-13-14-30-24(26(29)31)15-22(28-30)19-7-5-17(2)6-8-19/h5-14,22,24,28H,4,15-16H2,1-3H3. The molecule has 2 aromatic carbocycles. The molecule has 0 spiro atoms. The first-order valence-corrected chi connectivity index (χ1v) is 11.3. The van der Waals surface area contributed by atoms with Gasteiger partial charge < -0.3 is 19.1 Å². The highest BCUT2D eigenvalue weighted by Gasteiger charge is 2.40. The summed E-state index contributed by atoms with van der Waals surface area (Å²) in [7, 11) is 0. The minimum atomic E-state index is -0.237. The van der Waals surface area contributed by atoms with Crippen LogP contribution in [0.4, 0.5) is 0 Å². The quantitative estimate of drug-likeness (QED) is 0.604. The second-order valence-corrected chi connectivity index (χ2v) is 8.49. The average molecular weight is 445 g/mol. The SMILES string of the molecule is CCOc1ccc(-c2nc(CN3C=CN4NC(c5ccc(C)cc5)CC4C3=O)c(C)o2)cc1. The monoisotopic (exact) mass is 444 g/mol. The Kier molecular flexibility index (Phi) is 5.64. The lowest BCUT2D eigenvalue weighted by Crippen LogP contribution is -2.47. The molecule has 3 heterocycles. The van der Waals surface area contributed by atoms with E-state index in [1.165, 1.54) is 11.1 Å². The molecule has 0 bridgehead atoms. The third-order valence-corrected chi connectivity index (χ3v) is 6.18. The number of nitrogens with one attached hydrogen (secondary N) is 1. The highest BCUT2D eigenvalue weighted by Crippen LogP contribution is 2.32. The number of ether oxygens (including phenoxy) is 1. The van der Waals surface area contributed by atoms with Crippen LogP contribution in [0.1, 0.15) is 42.0 Å². The number of rotatable bonds is 6. The lowest BCUT2D eigenvalue weighted by Gasteiger charge is -2.31. The van der Waals surface area contributed by atoms with Gasteiger partial charge in [-0.1, -0.05) is 29.8 Å². The first-order valence-electron chi connectivity index (χ1n) is 11.3.